The predicted molar refractivity (Wildman–Crippen MR) is 149 cm³/mol. The summed E-state index contributed by atoms with van der Waals surface area (Å²) >= 11 is 0. The van der Waals surface area contributed by atoms with Crippen LogP contribution in [0.2, 0.25) is 0 Å². The van der Waals surface area contributed by atoms with E-state index in [9.17, 15) is 4.79 Å². The number of likely N-dealkylation sites (tertiary alicyclic amines) is 1. The van der Waals surface area contributed by atoms with Crippen molar-refractivity contribution in [1.29, 1.82) is 0 Å². The van der Waals surface area contributed by atoms with Crippen LogP contribution in [0.15, 0.2) is 34.9 Å². The summed E-state index contributed by atoms with van der Waals surface area (Å²) < 4.78 is 11.6. The number of aromatic nitrogens is 2. The Morgan fingerprint density at radius 3 is 2.47 bits per heavy atom. The SMILES string of the molecule is CC(C)c1noc(N2CCC(COc3ccc(C4=CCC(C(=O)N5CC[C@@H](N(C)C)C5)CC4)cc3)CC2)n1. The molecule has 206 valence electrons. The van der Waals surface area contributed by atoms with Gasteiger partial charge in [-0.05, 0) is 81.8 Å². The number of allylic oxidation sites excluding steroid dienone is 2. The summed E-state index contributed by atoms with van der Waals surface area (Å²) in [7, 11) is 4.21. The fraction of sp³-hybridized carbons (Fsp3) is 0.633. The average molecular weight is 522 g/mol. The number of anilines is 1. The van der Waals surface area contributed by atoms with E-state index in [0.717, 1.165) is 82.9 Å². The summed E-state index contributed by atoms with van der Waals surface area (Å²) in [6.45, 7) is 8.48. The van der Waals surface area contributed by atoms with Crippen molar-refractivity contribution in [2.75, 3.05) is 51.8 Å². The standard InChI is InChI=1S/C30H43N5O3/c1-21(2)28-31-30(38-32-28)34-16-13-22(14-17-34)20-37-27-11-9-24(10-12-27)23-5-7-25(8-6-23)29(36)35-18-15-26(19-35)33(3)4/h5,9-12,21-22,25-26H,6-8,13-20H2,1-4H3/t25?,26-/m1/s1. The van der Waals surface area contributed by atoms with Crippen LogP contribution in [0, 0.1) is 11.8 Å². The molecule has 0 bridgehead atoms. The van der Waals surface area contributed by atoms with Crippen molar-refractivity contribution in [1.82, 2.24) is 19.9 Å². The Kier molecular flexibility index (Phi) is 8.36. The number of piperidine rings is 1. The Bertz CT molecular complexity index is 1100. The molecule has 0 saturated carbocycles. The Morgan fingerprint density at radius 1 is 1.11 bits per heavy atom. The number of nitrogens with zero attached hydrogens (tertiary/aromatic N) is 5. The molecule has 3 heterocycles. The van der Waals surface area contributed by atoms with Crippen LogP contribution in [0.5, 0.6) is 5.75 Å². The molecule has 2 fully saturated rings. The lowest BCUT2D eigenvalue weighted by Crippen LogP contribution is -2.38. The van der Waals surface area contributed by atoms with E-state index < -0.39 is 0 Å². The zero-order valence-corrected chi connectivity index (χ0v) is 23.4. The van der Waals surface area contributed by atoms with Gasteiger partial charge in [-0.3, -0.25) is 4.79 Å². The zero-order chi connectivity index (χ0) is 26.6. The lowest BCUT2D eigenvalue weighted by Gasteiger charge is -2.30. The molecule has 1 aromatic heterocycles. The van der Waals surface area contributed by atoms with Crippen molar-refractivity contribution in [2.24, 2.45) is 11.8 Å². The van der Waals surface area contributed by atoms with Crippen LogP contribution >= 0.6 is 0 Å². The van der Waals surface area contributed by atoms with Gasteiger partial charge in [0.2, 0.25) is 5.91 Å². The highest BCUT2D eigenvalue weighted by Crippen LogP contribution is 2.33. The van der Waals surface area contributed by atoms with E-state index in [0.29, 0.717) is 23.9 Å². The maximum atomic E-state index is 13.0. The molecule has 5 rings (SSSR count). The third kappa shape index (κ3) is 6.22. The van der Waals surface area contributed by atoms with Gasteiger partial charge in [-0.2, -0.15) is 4.98 Å². The molecule has 8 nitrogen and oxygen atoms in total. The molecule has 1 aliphatic carbocycles. The molecule has 2 saturated heterocycles. The van der Waals surface area contributed by atoms with Crippen LogP contribution in [0.1, 0.15) is 69.7 Å². The second-order valence-corrected chi connectivity index (χ2v) is 11.7. The summed E-state index contributed by atoms with van der Waals surface area (Å²) in [5.41, 5.74) is 2.59. The molecule has 1 aromatic carbocycles. The van der Waals surface area contributed by atoms with Gasteiger partial charge >= 0.3 is 6.01 Å². The molecule has 1 amide bonds. The highest BCUT2D eigenvalue weighted by Gasteiger charge is 2.32. The maximum absolute atomic E-state index is 13.0. The van der Waals surface area contributed by atoms with E-state index in [-0.39, 0.29) is 11.8 Å². The second kappa shape index (κ2) is 11.9. The van der Waals surface area contributed by atoms with E-state index in [1.807, 2.05) is 0 Å². The number of rotatable bonds is 8. The third-order valence-corrected chi connectivity index (χ3v) is 8.51. The van der Waals surface area contributed by atoms with Crippen molar-refractivity contribution in [3.05, 3.63) is 41.7 Å². The zero-order valence-electron chi connectivity index (χ0n) is 23.4. The minimum absolute atomic E-state index is 0.130. The number of hydrogen-bond acceptors (Lipinski definition) is 7. The van der Waals surface area contributed by atoms with Crippen LogP contribution in [0.4, 0.5) is 6.01 Å². The summed E-state index contributed by atoms with van der Waals surface area (Å²) in [4.78, 5) is 24.1. The number of hydrogen-bond donors (Lipinski definition) is 0. The van der Waals surface area contributed by atoms with Crippen molar-refractivity contribution < 1.29 is 14.1 Å². The van der Waals surface area contributed by atoms with Gasteiger partial charge in [0.15, 0.2) is 5.82 Å². The minimum atomic E-state index is 0.130. The molecule has 1 unspecified atom stereocenters. The predicted octanol–water partition coefficient (Wildman–Crippen LogP) is 4.83. The van der Waals surface area contributed by atoms with Gasteiger partial charge in [-0.1, -0.05) is 37.2 Å². The molecule has 38 heavy (non-hydrogen) atoms. The molecule has 2 aliphatic heterocycles. The molecule has 2 aromatic rings. The first-order valence-electron chi connectivity index (χ1n) is 14.3. The van der Waals surface area contributed by atoms with E-state index in [1.54, 1.807) is 0 Å². The van der Waals surface area contributed by atoms with Gasteiger partial charge in [0.25, 0.3) is 0 Å². The first-order valence-corrected chi connectivity index (χ1v) is 14.3. The van der Waals surface area contributed by atoms with Gasteiger partial charge in [-0.15, -0.1) is 0 Å². The Hall–Kier alpha value is -2.87. The van der Waals surface area contributed by atoms with E-state index in [1.165, 1.54) is 11.1 Å². The molecule has 0 spiro atoms. The summed E-state index contributed by atoms with van der Waals surface area (Å²) in [5.74, 6) is 2.96. The van der Waals surface area contributed by atoms with E-state index >= 15 is 0 Å². The number of amides is 1. The highest BCUT2D eigenvalue weighted by atomic mass is 16.5. The van der Waals surface area contributed by atoms with Crippen molar-refractivity contribution in [3.63, 3.8) is 0 Å². The minimum Gasteiger partial charge on any atom is -0.493 e. The largest absolute Gasteiger partial charge is 0.493 e. The summed E-state index contributed by atoms with van der Waals surface area (Å²) in [5, 5.41) is 4.09. The van der Waals surface area contributed by atoms with Crippen LogP contribution in [0.25, 0.3) is 5.57 Å². The number of ether oxygens (including phenoxy) is 1. The quantitative estimate of drug-likeness (QED) is 0.492. The van der Waals surface area contributed by atoms with Crippen LogP contribution in [-0.2, 0) is 4.79 Å². The number of likely N-dealkylation sites (N-methyl/N-ethyl adjacent to an activating group) is 1. The first kappa shape index (κ1) is 26.7. The summed E-state index contributed by atoms with van der Waals surface area (Å²) in [6.07, 6.45) is 8.21. The lowest BCUT2D eigenvalue weighted by atomic mass is 9.86. The Morgan fingerprint density at radius 2 is 1.87 bits per heavy atom. The molecule has 8 heteroatoms. The van der Waals surface area contributed by atoms with Gasteiger partial charge in [0, 0.05) is 44.1 Å². The van der Waals surface area contributed by atoms with Crippen LogP contribution in [-0.4, -0.2) is 78.8 Å². The fourth-order valence-corrected chi connectivity index (χ4v) is 5.80. The highest BCUT2D eigenvalue weighted by molar-refractivity contribution is 5.81. The van der Waals surface area contributed by atoms with Gasteiger partial charge in [0.1, 0.15) is 5.75 Å². The topological polar surface area (TPSA) is 74.9 Å². The van der Waals surface area contributed by atoms with Gasteiger partial charge in [0.05, 0.1) is 6.61 Å². The Balaban J connectivity index is 1.06. The number of carbonyl (C=O) groups excluding carboxylic acids is 1. The first-order chi connectivity index (χ1) is 18.4. The molecule has 2 atom stereocenters. The van der Waals surface area contributed by atoms with Gasteiger partial charge < -0.3 is 24.0 Å². The van der Waals surface area contributed by atoms with Crippen molar-refractivity contribution >= 4 is 17.5 Å². The summed E-state index contributed by atoms with van der Waals surface area (Å²) in [6, 6.07) is 9.63. The number of benzene rings is 1. The normalized spacial score (nSPS) is 22.8. The van der Waals surface area contributed by atoms with Crippen LogP contribution < -0.4 is 9.64 Å². The monoisotopic (exact) mass is 521 g/mol. The number of carbonyl (C=O) groups is 1. The van der Waals surface area contributed by atoms with Gasteiger partial charge in [-0.25, -0.2) is 0 Å². The third-order valence-electron chi connectivity index (χ3n) is 8.51. The maximum Gasteiger partial charge on any atom is 0.324 e. The fourth-order valence-electron chi connectivity index (χ4n) is 5.80. The molecule has 3 aliphatic rings. The average Bonchev–Trinajstić information content (AvgIpc) is 3.63. The Labute approximate surface area is 227 Å². The van der Waals surface area contributed by atoms with E-state index in [2.05, 4.69) is 83.1 Å². The lowest BCUT2D eigenvalue weighted by molar-refractivity contribution is -0.134. The molecule has 0 N–H and O–H groups in total. The molecular formula is C30H43N5O3. The molecule has 0 radical (unpaired) electrons. The smallest absolute Gasteiger partial charge is 0.324 e. The van der Waals surface area contributed by atoms with E-state index in [4.69, 9.17) is 9.26 Å². The van der Waals surface area contributed by atoms with Crippen molar-refractivity contribution in [2.45, 2.75) is 64.3 Å². The second-order valence-electron chi connectivity index (χ2n) is 11.7. The molecular weight excluding hydrogens is 478 g/mol. The van der Waals surface area contributed by atoms with Crippen LogP contribution in [0.3, 0.4) is 0 Å². The van der Waals surface area contributed by atoms with Crippen molar-refractivity contribution in [3.8, 4) is 5.75 Å².